The molecule has 5 heteroatoms. The fourth-order valence-corrected chi connectivity index (χ4v) is 1.84. The van der Waals surface area contributed by atoms with Crippen LogP contribution in [0.5, 0.6) is 0 Å². The number of hydrogen-bond donors (Lipinski definition) is 1. The second-order valence-electron chi connectivity index (χ2n) is 3.98. The molecule has 0 amide bonds. The van der Waals surface area contributed by atoms with Crippen LogP contribution in [-0.4, -0.2) is 30.6 Å². The Labute approximate surface area is 108 Å². The molecule has 1 rings (SSSR count). The van der Waals surface area contributed by atoms with Crippen LogP contribution in [0.15, 0.2) is 12.3 Å². The molecular weight excluding hydrogens is 230 g/mol. The van der Waals surface area contributed by atoms with Gasteiger partial charge in [0.25, 0.3) is 0 Å². The predicted molar refractivity (Wildman–Crippen MR) is 72.5 cm³/mol. The number of esters is 1. The van der Waals surface area contributed by atoms with Crippen LogP contribution in [0.1, 0.15) is 26.3 Å². The monoisotopic (exact) mass is 251 g/mol. The van der Waals surface area contributed by atoms with Crippen molar-refractivity contribution in [2.24, 2.45) is 0 Å². The van der Waals surface area contributed by atoms with Gasteiger partial charge in [-0.25, -0.2) is 4.98 Å². The Hall–Kier alpha value is -1.78. The summed E-state index contributed by atoms with van der Waals surface area (Å²) in [6.07, 6.45) is 2.54. The van der Waals surface area contributed by atoms with Gasteiger partial charge in [-0.1, -0.05) is 6.92 Å². The van der Waals surface area contributed by atoms with Gasteiger partial charge in [0.2, 0.25) is 0 Å². The van der Waals surface area contributed by atoms with Gasteiger partial charge in [0.05, 0.1) is 6.54 Å². The van der Waals surface area contributed by atoms with Gasteiger partial charge in [0.1, 0.15) is 12.4 Å². The van der Waals surface area contributed by atoms with E-state index in [9.17, 15) is 4.79 Å². The zero-order chi connectivity index (χ0) is 13.5. The number of anilines is 2. The summed E-state index contributed by atoms with van der Waals surface area (Å²) in [7, 11) is 0. The van der Waals surface area contributed by atoms with Gasteiger partial charge in [-0.2, -0.15) is 0 Å². The van der Waals surface area contributed by atoms with E-state index in [1.54, 1.807) is 6.20 Å². The highest BCUT2D eigenvalue weighted by atomic mass is 16.5. The maximum absolute atomic E-state index is 10.8. The van der Waals surface area contributed by atoms with E-state index in [0.717, 1.165) is 30.0 Å². The van der Waals surface area contributed by atoms with E-state index in [1.165, 1.54) is 6.92 Å². The molecule has 1 aromatic rings. The van der Waals surface area contributed by atoms with Crippen molar-refractivity contribution < 1.29 is 9.53 Å². The van der Waals surface area contributed by atoms with Crippen molar-refractivity contribution >= 4 is 17.5 Å². The summed E-state index contributed by atoms with van der Waals surface area (Å²) in [5.74, 6) is 0.620. The van der Waals surface area contributed by atoms with Crippen molar-refractivity contribution in [3.05, 3.63) is 17.8 Å². The molecule has 0 aliphatic heterocycles. The Morgan fingerprint density at radius 2 is 2.22 bits per heavy atom. The van der Waals surface area contributed by atoms with Gasteiger partial charge in [-0.3, -0.25) is 4.79 Å². The number of hydrogen-bond acceptors (Lipinski definition) is 5. The van der Waals surface area contributed by atoms with E-state index in [4.69, 9.17) is 10.5 Å². The third-order valence-electron chi connectivity index (χ3n) is 2.77. The molecule has 0 aliphatic carbocycles. The molecular formula is C13H21N3O2. The van der Waals surface area contributed by atoms with Crippen LogP contribution in [0, 0.1) is 0 Å². The molecule has 0 spiro atoms. The van der Waals surface area contributed by atoms with Crippen molar-refractivity contribution in [1.82, 2.24) is 4.98 Å². The summed E-state index contributed by atoms with van der Waals surface area (Å²) in [5.41, 5.74) is 7.75. The van der Waals surface area contributed by atoms with Gasteiger partial charge < -0.3 is 15.4 Å². The van der Waals surface area contributed by atoms with Crippen molar-refractivity contribution in [3.63, 3.8) is 0 Å². The molecule has 0 atom stereocenters. The first-order valence-corrected chi connectivity index (χ1v) is 6.21. The molecule has 1 aromatic heterocycles. The van der Waals surface area contributed by atoms with Crippen molar-refractivity contribution in [2.75, 3.05) is 30.3 Å². The molecule has 0 aromatic carbocycles. The lowest BCUT2D eigenvalue weighted by atomic mass is 10.1. The number of ether oxygens (including phenoxy) is 1. The van der Waals surface area contributed by atoms with Crippen molar-refractivity contribution in [2.45, 2.75) is 27.2 Å². The third kappa shape index (κ3) is 3.61. The van der Waals surface area contributed by atoms with Gasteiger partial charge >= 0.3 is 5.97 Å². The number of rotatable bonds is 6. The minimum atomic E-state index is -0.262. The summed E-state index contributed by atoms with van der Waals surface area (Å²) in [6, 6.07) is 1.81. The van der Waals surface area contributed by atoms with Gasteiger partial charge in [0, 0.05) is 30.9 Å². The Kier molecular flexibility index (Phi) is 5.42. The molecule has 0 bridgehead atoms. The predicted octanol–water partition coefficient (Wildman–Crippen LogP) is 1.62. The summed E-state index contributed by atoms with van der Waals surface area (Å²) >= 11 is 0. The molecule has 5 nitrogen and oxygen atoms in total. The van der Waals surface area contributed by atoms with Crippen LogP contribution in [0.2, 0.25) is 0 Å². The molecule has 0 saturated heterocycles. The quantitative estimate of drug-likeness (QED) is 0.778. The maximum atomic E-state index is 10.8. The molecule has 0 aliphatic rings. The highest BCUT2D eigenvalue weighted by Gasteiger charge is 2.12. The highest BCUT2D eigenvalue weighted by molar-refractivity contribution is 5.66. The SMILES string of the molecule is CCc1c(N)ccnc1N(CC)CCOC(C)=O. The first-order chi connectivity index (χ1) is 8.60. The molecule has 0 unspecified atom stereocenters. The summed E-state index contributed by atoms with van der Waals surface area (Å²) in [5, 5.41) is 0. The molecule has 0 saturated carbocycles. The lowest BCUT2D eigenvalue weighted by Gasteiger charge is -2.24. The zero-order valence-electron chi connectivity index (χ0n) is 11.3. The standard InChI is InChI=1S/C13H21N3O2/c1-4-11-12(14)6-7-15-13(11)16(5-2)8-9-18-10(3)17/h6-7H,4-5,8-9H2,1-3H3,(H2,14,15). The lowest BCUT2D eigenvalue weighted by molar-refractivity contribution is -0.140. The number of carbonyl (C=O) groups excluding carboxylic acids is 1. The highest BCUT2D eigenvalue weighted by Crippen LogP contribution is 2.23. The number of carbonyl (C=O) groups is 1. The van der Waals surface area contributed by atoms with Crippen LogP contribution in [0.4, 0.5) is 11.5 Å². The first-order valence-electron chi connectivity index (χ1n) is 6.21. The van der Waals surface area contributed by atoms with Crippen LogP contribution in [-0.2, 0) is 16.0 Å². The van der Waals surface area contributed by atoms with E-state index in [1.807, 2.05) is 13.0 Å². The fourth-order valence-electron chi connectivity index (χ4n) is 1.84. The molecule has 1 heterocycles. The van der Waals surface area contributed by atoms with E-state index < -0.39 is 0 Å². The fraction of sp³-hybridized carbons (Fsp3) is 0.538. The molecule has 100 valence electrons. The number of nitrogens with two attached hydrogens (primary N) is 1. The second kappa shape index (κ2) is 6.83. The van der Waals surface area contributed by atoms with Crippen LogP contribution in [0.3, 0.4) is 0 Å². The molecule has 0 radical (unpaired) electrons. The Morgan fingerprint density at radius 3 is 2.78 bits per heavy atom. The van der Waals surface area contributed by atoms with Gasteiger partial charge in [0.15, 0.2) is 0 Å². The smallest absolute Gasteiger partial charge is 0.302 e. The number of nitrogen functional groups attached to an aromatic ring is 1. The van der Waals surface area contributed by atoms with Crippen LogP contribution in [0.25, 0.3) is 0 Å². The van der Waals surface area contributed by atoms with E-state index >= 15 is 0 Å². The molecule has 2 N–H and O–H groups in total. The minimum Gasteiger partial charge on any atom is -0.464 e. The number of likely N-dealkylation sites (N-methyl/N-ethyl adjacent to an activating group) is 1. The molecule has 0 fully saturated rings. The maximum Gasteiger partial charge on any atom is 0.302 e. The number of pyridine rings is 1. The van der Waals surface area contributed by atoms with Gasteiger partial charge in [-0.05, 0) is 19.4 Å². The Bertz CT molecular complexity index is 407. The average molecular weight is 251 g/mol. The number of nitrogens with zero attached hydrogens (tertiary/aromatic N) is 2. The number of aromatic nitrogens is 1. The minimum absolute atomic E-state index is 0.262. The van der Waals surface area contributed by atoms with E-state index in [2.05, 4.69) is 16.8 Å². The van der Waals surface area contributed by atoms with Crippen molar-refractivity contribution in [3.8, 4) is 0 Å². The summed E-state index contributed by atoms with van der Waals surface area (Å²) in [6.45, 7) is 7.29. The van der Waals surface area contributed by atoms with Crippen LogP contribution < -0.4 is 10.6 Å². The van der Waals surface area contributed by atoms with Gasteiger partial charge in [-0.15, -0.1) is 0 Å². The summed E-state index contributed by atoms with van der Waals surface area (Å²) < 4.78 is 4.96. The van der Waals surface area contributed by atoms with E-state index in [0.29, 0.717) is 13.2 Å². The van der Waals surface area contributed by atoms with Crippen LogP contribution >= 0.6 is 0 Å². The van der Waals surface area contributed by atoms with E-state index in [-0.39, 0.29) is 5.97 Å². The third-order valence-corrected chi connectivity index (χ3v) is 2.77. The zero-order valence-corrected chi connectivity index (χ0v) is 11.3. The normalized spacial score (nSPS) is 10.2. The molecule has 18 heavy (non-hydrogen) atoms. The Balaban J connectivity index is 2.81. The largest absolute Gasteiger partial charge is 0.464 e. The summed E-state index contributed by atoms with van der Waals surface area (Å²) in [4.78, 5) is 17.2. The topological polar surface area (TPSA) is 68.4 Å². The first kappa shape index (κ1) is 14.3. The van der Waals surface area contributed by atoms with Crippen molar-refractivity contribution in [1.29, 1.82) is 0 Å². The Morgan fingerprint density at radius 1 is 1.50 bits per heavy atom. The lowest BCUT2D eigenvalue weighted by Crippen LogP contribution is -2.29. The second-order valence-corrected chi connectivity index (χ2v) is 3.98. The average Bonchev–Trinajstić information content (AvgIpc) is 2.34.